The summed E-state index contributed by atoms with van der Waals surface area (Å²) in [6.45, 7) is 8.34. The van der Waals surface area contributed by atoms with Crippen molar-refractivity contribution >= 4 is 38.9 Å². The van der Waals surface area contributed by atoms with Crippen LogP contribution in [0.5, 0.6) is 0 Å². The Morgan fingerprint density at radius 3 is 2.73 bits per heavy atom. The predicted molar refractivity (Wildman–Crippen MR) is 104 cm³/mol. The van der Waals surface area contributed by atoms with Crippen molar-refractivity contribution in [1.82, 2.24) is 15.0 Å². The second-order valence-corrected chi connectivity index (χ2v) is 7.42. The fourth-order valence-corrected chi connectivity index (χ4v) is 3.59. The molecule has 0 atom stereocenters. The third-order valence-electron chi connectivity index (χ3n) is 3.98. The summed E-state index contributed by atoms with van der Waals surface area (Å²) in [4.78, 5) is 12.1. The van der Waals surface area contributed by atoms with E-state index in [0.717, 1.165) is 33.3 Å². The first kappa shape index (κ1) is 17.7. The molecule has 0 unspecified atom stereocenters. The molecule has 0 saturated heterocycles. The van der Waals surface area contributed by atoms with Crippen molar-refractivity contribution in [2.45, 2.75) is 33.1 Å². The van der Waals surface area contributed by atoms with E-state index in [1.165, 1.54) is 11.3 Å². The van der Waals surface area contributed by atoms with Crippen LogP contribution in [0.4, 0.5) is 16.5 Å². The van der Waals surface area contributed by atoms with Crippen LogP contribution < -0.4 is 10.6 Å². The summed E-state index contributed by atoms with van der Waals surface area (Å²) in [5.74, 6) is 0.646. The molecule has 0 aromatic carbocycles. The summed E-state index contributed by atoms with van der Waals surface area (Å²) >= 11 is 1.45. The number of nitrogens with one attached hydrogen (secondary N) is 3. The van der Waals surface area contributed by atoms with Gasteiger partial charge in [0.15, 0.2) is 0 Å². The Hall–Kier alpha value is -3.10. The molecular weight excluding hydrogens is 346 g/mol. The van der Waals surface area contributed by atoms with Crippen LogP contribution in [0.1, 0.15) is 37.0 Å². The van der Waals surface area contributed by atoms with Gasteiger partial charge in [0, 0.05) is 18.8 Å². The van der Waals surface area contributed by atoms with Gasteiger partial charge in [-0.1, -0.05) is 11.3 Å². The second kappa shape index (κ2) is 6.66. The second-order valence-electron chi connectivity index (χ2n) is 6.42. The fourth-order valence-electron chi connectivity index (χ4n) is 2.56. The minimum Gasteiger partial charge on any atom is -0.385 e. The third kappa shape index (κ3) is 3.07. The first-order valence-corrected chi connectivity index (χ1v) is 9.03. The van der Waals surface area contributed by atoms with E-state index < -0.39 is 5.41 Å². The average Bonchev–Trinajstić information content (AvgIpc) is 3.19. The first-order valence-electron chi connectivity index (χ1n) is 8.22. The number of nitrogens with zero attached hydrogens (tertiary/aromatic N) is 4. The maximum Gasteiger partial charge on any atom is 0.143 e. The monoisotopic (exact) mass is 365 g/mol. The molecule has 26 heavy (non-hydrogen) atoms. The van der Waals surface area contributed by atoms with Gasteiger partial charge in [-0.2, -0.15) is 10.5 Å². The van der Waals surface area contributed by atoms with Crippen molar-refractivity contribution < 1.29 is 0 Å². The zero-order chi connectivity index (χ0) is 18.9. The van der Waals surface area contributed by atoms with Gasteiger partial charge in [-0.3, -0.25) is 0 Å². The minimum atomic E-state index is -0.636. The van der Waals surface area contributed by atoms with E-state index >= 15 is 0 Å². The van der Waals surface area contributed by atoms with E-state index in [4.69, 9.17) is 0 Å². The number of aromatic nitrogens is 3. The maximum absolute atomic E-state index is 9.32. The van der Waals surface area contributed by atoms with Gasteiger partial charge in [0.2, 0.25) is 0 Å². The van der Waals surface area contributed by atoms with Crippen LogP contribution in [0.15, 0.2) is 12.3 Å². The Morgan fingerprint density at radius 1 is 1.31 bits per heavy atom. The van der Waals surface area contributed by atoms with Crippen LogP contribution in [0.3, 0.4) is 0 Å². The lowest BCUT2D eigenvalue weighted by Gasteiger charge is -2.10. The molecule has 7 nitrogen and oxygen atoms in total. The number of aromatic amines is 1. The number of anilines is 3. The van der Waals surface area contributed by atoms with Crippen LogP contribution in [0.2, 0.25) is 0 Å². The summed E-state index contributed by atoms with van der Waals surface area (Å²) in [6, 6.07) is 6.35. The lowest BCUT2D eigenvalue weighted by atomic mass is 9.97. The van der Waals surface area contributed by atoms with Crippen molar-refractivity contribution in [3.63, 3.8) is 0 Å². The quantitative estimate of drug-likeness (QED) is 0.625. The van der Waals surface area contributed by atoms with Crippen molar-refractivity contribution in [2.75, 3.05) is 17.2 Å². The lowest BCUT2D eigenvalue weighted by molar-refractivity contribution is 0.678. The smallest absolute Gasteiger partial charge is 0.143 e. The normalized spacial score (nSPS) is 11.2. The molecule has 3 aromatic rings. The molecule has 3 heterocycles. The minimum absolute atomic E-state index is 0.557. The van der Waals surface area contributed by atoms with Gasteiger partial charge >= 0.3 is 0 Å². The molecule has 8 heteroatoms. The number of rotatable bonds is 5. The van der Waals surface area contributed by atoms with Crippen molar-refractivity contribution in [2.24, 2.45) is 0 Å². The van der Waals surface area contributed by atoms with Gasteiger partial charge in [-0.25, -0.2) is 9.97 Å². The van der Waals surface area contributed by atoms with Gasteiger partial charge in [0.1, 0.15) is 33.0 Å². The van der Waals surface area contributed by atoms with Gasteiger partial charge < -0.3 is 15.6 Å². The summed E-state index contributed by atoms with van der Waals surface area (Å²) in [6.07, 6.45) is 1.66. The Morgan fingerprint density at radius 2 is 2.08 bits per heavy atom. The molecule has 0 bridgehead atoms. The SMILES string of the molecule is CCNc1cc(Nc2sc(C(C)(C)C#N)nc2C)nc2[nH]cc(C#N)c12. The topological polar surface area (TPSA) is 113 Å². The van der Waals surface area contributed by atoms with E-state index in [0.29, 0.717) is 17.0 Å². The Bertz CT molecular complexity index is 1050. The first-order chi connectivity index (χ1) is 12.4. The zero-order valence-electron chi connectivity index (χ0n) is 15.1. The molecule has 0 aliphatic carbocycles. The molecule has 3 aromatic heterocycles. The van der Waals surface area contributed by atoms with E-state index in [1.807, 2.05) is 33.8 Å². The van der Waals surface area contributed by atoms with Crippen LogP contribution in [0.25, 0.3) is 11.0 Å². The van der Waals surface area contributed by atoms with Gasteiger partial charge in [0.05, 0.1) is 28.4 Å². The van der Waals surface area contributed by atoms with Crippen LogP contribution >= 0.6 is 11.3 Å². The number of fused-ring (bicyclic) bond motifs is 1. The number of nitriles is 2. The molecule has 3 rings (SSSR count). The Kier molecular flexibility index (Phi) is 4.54. The number of thiazole rings is 1. The lowest BCUT2D eigenvalue weighted by Crippen LogP contribution is -2.13. The highest BCUT2D eigenvalue weighted by molar-refractivity contribution is 7.16. The molecule has 0 radical (unpaired) electrons. The number of aryl methyl sites for hydroxylation is 1. The largest absolute Gasteiger partial charge is 0.385 e. The van der Waals surface area contributed by atoms with Crippen molar-refractivity contribution in [3.05, 3.63) is 28.5 Å². The zero-order valence-corrected chi connectivity index (χ0v) is 15.9. The van der Waals surface area contributed by atoms with E-state index in [-0.39, 0.29) is 0 Å². The highest BCUT2D eigenvalue weighted by atomic mass is 32.1. The van der Waals surface area contributed by atoms with Crippen LogP contribution in [-0.4, -0.2) is 21.5 Å². The van der Waals surface area contributed by atoms with Crippen LogP contribution in [-0.2, 0) is 5.41 Å². The number of hydrogen-bond acceptors (Lipinski definition) is 7. The van der Waals surface area contributed by atoms with E-state index in [9.17, 15) is 10.5 Å². The summed E-state index contributed by atoms with van der Waals surface area (Å²) in [7, 11) is 0. The number of H-pyrrole nitrogens is 1. The van der Waals surface area contributed by atoms with Gasteiger partial charge in [-0.15, -0.1) is 0 Å². The molecule has 0 saturated carbocycles. The third-order valence-corrected chi connectivity index (χ3v) is 5.38. The van der Waals surface area contributed by atoms with Gasteiger partial charge in [0.25, 0.3) is 0 Å². The molecule has 0 fully saturated rings. The Labute approximate surface area is 155 Å². The highest BCUT2D eigenvalue weighted by Crippen LogP contribution is 2.35. The highest BCUT2D eigenvalue weighted by Gasteiger charge is 2.25. The molecule has 3 N–H and O–H groups in total. The van der Waals surface area contributed by atoms with Gasteiger partial charge in [-0.05, 0) is 27.7 Å². The Balaban J connectivity index is 2.03. The summed E-state index contributed by atoms with van der Waals surface area (Å²) < 4.78 is 0. The predicted octanol–water partition coefficient (Wildman–Crippen LogP) is 4.18. The number of hydrogen-bond donors (Lipinski definition) is 3. The van der Waals surface area contributed by atoms with Crippen molar-refractivity contribution in [1.29, 1.82) is 10.5 Å². The summed E-state index contributed by atoms with van der Waals surface area (Å²) in [5.41, 5.74) is 2.23. The van der Waals surface area contributed by atoms with E-state index in [2.05, 4.69) is 37.7 Å². The number of pyridine rings is 1. The standard InChI is InChI=1S/C18H19N7S/c1-5-21-12-6-13(24-15-14(12)11(7-19)8-22-15)25-16-10(2)23-17(26-16)18(3,4)9-20/h6,8H,5H2,1-4H3,(H3,21,22,24,25). The molecule has 0 spiro atoms. The fraction of sp³-hybridized carbons (Fsp3) is 0.333. The molecular formula is C18H19N7S. The van der Waals surface area contributed by atoms with E-state index in [1.54, 1.807) is 6.20 Å². The summed E-state index contributed by atoms with van der Waals surface area (Å²) in [5, 5.41) is 27.6. The van der Waals surface area contributed by atoms with Crippen molar-refractivity contribution in [3.8, 4) is 12.1 Å². The molecule has 132 valence electrons. The molecule has 0 aliphatic heterocycles. The average molecular weight is 365 g/mol. The molecule has 0 aliphatic rings. The molecule has 0 amide bonds. The van der Waals surface area contributed by atoms with Crippen LogP contribution in [0, 0.1) is 29.6 Å². The maximum atomic E-state index is 9.32.